The minimum atomic E-state index is -3.23. The summed E-state index contributed by atoms with van der Waals surface area (Å²) in [7, 11) is -0.0763. The maximum absolute atomic E-state index is 11.9. The third-order valence-corrected chi connectivity index (χ3v) is 4.82. The average Bonchev–Trinajstić information content (AvgIpc) is 2.62. The van der Waals surface area contributed by atoms with Gasteiger partial charge in [-0.15, -0.1) is 0 Å². The first kappa shape index (κ1) is 12.9. The molecule has 0 amide bonds. The summed E-state index contributed by atoms with van der Waals surface area (Å²) in [6.07, 6.45) is 3.70. The highest BCUT2D eigenvalue weighted by atomic mass is 32.2. The molecule has 0 aromatic heterocycles. The summed E-state index contributed by atoms with van der Waals surface area (Å²) in [5, 5.41) is 0. The molecular formula is C9H21N3O2S. The molecule has 2 N–H and O–H groups in total. The van der Waals surface area contributed by atoms with Gasteiger partial charge in [-0.25, -0.2) is 0 Å². The van der Waals surface area contributed by atoms with Crippen molar-refractivity contribution < 1.29 is 8.42 Å². The second-order valence-electron chi connectivity index (χ2n) is 4.13. The van der Waals surface area contributed by atoms with E-state index in [0.717, 1.165) is 25.7 Å². The van der Waals surface area contributed by atoms with Crippen molar-refractivity contribution in [1.29, 1.82) is 0 Å². The molecule has 5 nitrogen and oxygen atoms in total. The molecule has 1 rings (SSSR count). The number of hydrogen-bond acceptors (Lipinski definition) is 3. The van der Waals surface area contributed by atoms with Crippen molar-refractivity contribution in [2.75, 3.05) is 27.2 Å². The van der Waals surface area contributed by atoms with E-state index in [9.17, 15) is 8.42 Å². The van der Waals surface area contributed by atoms with E-state index < -0.39 is 10.2 Å². The fraction of sp³-hybridized carbons (Fsp3) is 1.00. The smallest absolute Gasteiger partial charge is 0.281 e. The van der Waals surface area contributed by atoms with Gasteiger partial charge in [-0.2, -0.15) is 17.0 Å². The molecule has 6 heteroatoms. The van der Waals surface area contributed by atoms with Gasteiger partial charge >= 0.3 is 0 Å². The van der Waals surface area contributed by atoms with Crippen molar-refractivity contribution in [1.82, 2.24) is 8.61 Å². The zero-order valence-corrected chi connectivity index (χ0v) is 10.3. The molecular weight excluding hydrogens is 214 g/mol. The van der Waals surface area contributed by atoms with Gasteiger partial charge in [0.1, 0.15) is 0 Å². The number of hydrogen-bond donors (Lipinski definition) is 1. The Kier molecular flexibility index (Phi) is 4.51. The van der Waals surface area contributed by atoms with Crippen molar-refractivity contribution >= 4 is 10.2 Å². The highest BCUT2D eigenvalue weighted by Crippen LogP contribution is 2.25. The molecule has 0 radical (unpaired) electrons. The maximum atomic E-state index is 11.9. The van der Waals surface area contributed by atoms with Crippen LogP contribution in [0.15, 0.2) is 0 Å². The molecule has 0 bridgehead atoms. The lowest BCUT2D eigenvalue weighted by molar-refractivity contribution is 0.340. The molecule has 0 aromatic rings. The molecule has 1 saturated heterocycles. The first-order chi connectivity index (χ1) is 7.00. The summed E-state index contributed by atoms with van der Waals surface area (Å²) in [6.45, 7) is 1.28. The van der Waals surface area contributed by atoms with Crippen LogP contribution in [0.25, 0.3) is 0 Å². The first-order valence-electron chi connectivity index (χ1n) is 5.39. The first-order valence-corrected chi connectivity index (χ1v) is 6.79. The molecule has 0 aliphatic carbocycles. The molecule has 0 aromatic carbocycles. The molecule has 1 atom stereocenters. The fourth-order valence-electron chi connectivity index (χ4n) is 1.96. The molecule has 1 aliphatic rings. The monoisotopic (exact) mass is 235 g/mol. The van der Waals surface area contributed by atoms with E-state index in [1.165, 1.54) is 4.31 Å². The summed E-state index contributed by atoms with van der Waals surface area (Å²) < 4.78 is 26.8. The van der Waals surface area contributed by atoms with Gasteiger partial charge in [-0.05, 0) is 32.2 Å². The molecule has 1 aliphatic heterocycles. The van der Waals surface area contributed by atoms with Gasteiger partial charge in [0.15, 0.2) is 0 Å². The van der Waals surface area contributed by atoms with Gasteiger partial charge in [0.25, 0.3) is 10.2 Å². The number of nitrogens with two attached hydrogens (primary N) is 1. The predicted octanol–water partition coefficient (Wildman–Crippen LogP) is -0.00390. The van der Waals surface area contributed by atoms with Crippen LogP contribution in [-0.2, 0) is 10.2 Å². The molecule has 0 saturated carbocycles. The second-order valence-corrected chi connectivity index (χ2v) is 6.22. The van der Waals surface area contributed by atoms with E-state index in [4.69, 9.17) is 5.73 Å². The summed E-state index contributed by atoms with van der Waals surface area (Å²) in [4.78, 5) is 0. The van der Waals surface area contributed by atoms with Gasteiger partial charge in [-0.1, -0.05) is 0 Å². The topological polar surface area (TPSA) is 66.6 Å². The Balaban J connectivity index is 2.68. The fourth-order valence-corrected chi connectivity index (χ4v) is 3.33. The number of nitrogens with zero attached hydrogens (tertiary/aromatic N) is 2. The predicted molar refractivity (Wildman–Crippen MR) is 60.6 cm³/mol. The second kappa shape index (κ2) is 5.25. The van der Waals surface area contributed by atoms with E-state index in [0.29, 0.717) is 13.1 Å². The molecule has 15 heavy (non-hydrogen) atoms. The Hall–Kier alpha value is -0.170. The van der Waals surface area contributed by atoms with Crippen LogP contribution in [0.3, 0.4) is 0 Å². The summed E-state index contributed by atoms with van der Waals surface area (Å²) in [5.74, 6) is 0. The average molecular weight is 235 g/mol. The van der Waals surface area contributed by atoms with Crippen molar-refractivity contribution in [3.63, 3.8) is 0 Å². The lowest BCUT2D eigenvalue weighted by Crippen LogP contribution is -2.42. The Labute approximate surface area is 92.4 Å². The Bertz CT molecular complexity index is 290. The zero-order chi connectivity index (χ0) is 11.5. The molecule has 1 heterocycles. The summed E-state index contributed by atoms with van der Waals surface area (Å²) in [5.41, 5.74) is 5.44. The van der Waals surface area contributed by atoms with Crippen LogP contribution >= 0.6 is 0 Å². The SMILES string of the molecule is CN(C)S(=O)(=O)N1CCCC1CCCN. The van der Waals surface area contributed by atoms with Crippen LogP contribution < -0.4 is 5.73 Å². The van der Waals surface area contributed by atoms with Gasteiger partial charge in [-0.3, -0.25) is 0 Å². The molecule has 0 spiro atoms. The lowest BCUT2D eigenvalue weighted by Gasteiger charge is -2.26. The quantitative estimate of drug-likeness (QED) is 0.729. The number of rotatable bonds is 5. The Morgan fingerprint density at radius 3 is 2.67 bits per heavy atom. The van der Waals surface area contributed by atoms with Gasteiger partial charge in [0.05, 0.1) is 0 Å². The highest BCUT2D eigenvalue weighted by molar-refractivity contribution is 7.86. The molecule has 1 unspecified atom stereocenters. The van der Waals surface area contributed by atoms with Gasteiger partial charge in [0, 0.05) is 26.7 Å². The van der Waals surface area contributed by atoms with Crippen LogP contribution in [0.2, 0.25) is 0 Å². The van der Waals surface area contributed by atoms with E-state index in [1.807, 2.05) is 0 Å². The van der Waals surface area contributed by atoms with Crippen molar-refractivity contribution in [3.8, 4) is 0 Å². The van der Waals surface area contributed by atoms with Crippen molar-refractivity contribution in [2.45, 2.75) is 31.7 Å². The van der Waals surface area contributed by atoms with E-state index >= 15 is 0 Å². The molecule has 1 fully saturated rings. The van der Waals surface area contributed by atoms with Crippen LogP contribution in [-0.4, -0.2) is 50.3 Å². The standard InChI is InChI=1S/C9H21N3O2S/c1-11(2)15(13,14)12-8-4-6-9(12)5-3-7-10/h9H,3-8,10H2,1-2H3. The summed E-state index contributed by atoms with van der Waals surface area (Å²) in [6, 6.07) is 0.154. The Morgan fingerprint density at radius 2 is 2.13 bits per heavy atom. The van der Waals surface area contributed by atoms with E-state index in [1.54, 1.807) is 18.4 Å². The minimum Gasteiger partial charge on any atom is -0.330 e. The molecule has 90 valence electrons. The van der Waals surface area contributed by atoms with Crippen LogP contribution in [0, 0.1) is 0 Å². The van der Waals surface area contributed by atoms with Crippen LogP contribution in [0.1, 0.15) is 25.7 Å². The van der Waals surface area contributed by atoms with E-state index in [2.05, 4.69) is 0 Å². The largest absolute Gasteiger partial charge is 0.330 e. The third-order valence-electron chi connectivity index (χ3n) is 2.82. The highest BCUT2D eigenvalue weighted by Gasteiger charge is 2.34. The minimum absolute atomic E-state index is 0.154. The third kappa shape index (κ3) is 2.90. The zero-order valence-electron chi connectivity index (χ0n) is 9.52. The van der Waals surface area contributed by atoms with Gasteiger partial charge < -0.3 is 5.73 Å². The van der Waals surface area contributed by atoms with Crippen molar-refractivity contribution in [3.05, 3.63) is 0 Å². The Morgan fingerprint density at radius 1 is 1.47 bits per heavy atom. The lowest BCUT2D eigenvalue weighted by atomic mass is 10.1. The van der Waals surface area contributed by atoms with E-state index in [-0.39, 0.29) is 6.04 Å². The summed E-state index contributed by atoms with van der Waals surface area (Å²) >= 11 is 0. The van der Waals surface area contributed by atoms with Crippen LogP contribution in [0.4, 0.5) is 0 Å². The van der Waals surface area contributed by atoms with Crippen molar-refractivity contribution in [2.24, 2.45) is 5.73 Å². The van der Waals surface area contributed by atoms with Gasteiger partial charge in [0.2, 0.25) is 0 Å². The van der Waals surface area contributed by atoms with Crippen LogP contribution in [0.5, 0.6) is 0 Å². The maximum Gasteiger partial charge on any atom is 0.281 e. The normalized spacial score (nSPS) is 23.9.